The molecule has 0 saturated heterocycles. The molecule has 0 unspecified atom stereocenters. The minimum absolute atomic E-state index is 0.0841. The van der Waals surface area contributed by atoms with Gasteiger partial charge in [-0.2, -0.15) is 0 Å². The Morgan fingerprint density at radius 1 is 1.00 bits per heavy atom. The van der Waals surface area contributed by atoms with Crippen molar-refractivity contribution >= 4 is 17.5 Å². The van der Waals surface area contributed by atoms with E-state index in [-0.39, 0.29) is 18.4 Å². The highest BCUT2D eigenvalue weighted by Crippen LogP contribution is 2.39. The summed E-state index contributed by atoms with van der Waals surface area (Å²) in [6.07, 6.45) is 2.17. The molecule has 0 bridgehead atoms. The van der Waals surface area contributed by atoms with Gasteiger partial charge in [-0.3, -0.25) is 9.59 Å². The van der Waals surface area contributed by atoms with Crippen LogP contribution in [0.1, 0.15) is 26.2 Å². The number of nitrogens with one attached hydrogen (secondary N) is 2. The molecule has 7 nitrogen and oxygen atoms in total. The van der Waals surface area contributed by atoms with Crippen LogP contribution in [0.4, 0.5) is 5.69 Å². The van der Waals surface area contributed by atoms with E-state index < -0.39 is 0 Å². The molecule has 1 aromatic carbocycles. The quantitative estimate of drug-likeness (QED) is 0.725. The maximum atomic E-state index is 11.9. The van der Waals surface area contributed by atoms with Crippen molar-refractivity contribution in [2.24, 2.45) is 0 Å². The maximum absolute atomic E-state index is 11.9. The average molecular weight is 324 g/mol. The highest BCUT2D eigenvalue weighted by molar-refractivity contribution is 5.95. The van der Waals surface area contributed by atoms with Crippen molar-refractivity contribution < 1.29 is 23.8 Å². The lowest BCUT2D eigenvalue weighted by atomic mass is 10.2. The van der Waals surface area contributed by atoms with E-state index in [2.05, 4.69) is 10.6 Å². The zero-order chi connectivity index (χ0) is 17.2. The maximum Gasteiger partial charge on any atom is 0.243 e. The molecule has 1 aromatic rings. The predicted octanol–water partition coefficient (Wildman–Crippen LogP) is 1.96. The van der Waals surface area contributed by atoms with Gasteiger partial charge in [0.25, 0.3) is 0 Å². The smallest absolute Gasteiger partial charge is 0.243 e. The van der Waals surface area contributed by atoms with Crippen LogP contribution in [0, 0.1) is 0 Å². The Bertz CT molecular complexity index is 520. The summed E-state index contributed by atoms with van der Waals surface area (Å²) in [4.78, 5) is 23.4. The van der Waals surface area contributed by atoms with Gasteiger partial charge in [-0.25, -0.2) is 0 Å². The van der Waals surface area contributed by atoms with Crippen molar-refractivity contribution in [2.45, 2.75) is 26.2 Å². The predicted molar refractivity (Wildman–Crippen MR) is 87.3 cm³/mol. The summed E-state index contributed by atoms with van der Waals surface area (Å²) < 4.78 is 15.6. The molecular weight excluding hydrogens is 300 g/mol. The first-order valence-corrected chi connectivity index (χ1v) is 7.42. The van der Waals surface area contributed by atoms with Crippen molar-refractivity contribution in [1.82, 2.24) is 5.32 Å². The molecule has 0 heterocycles. The Morgan fingerprint density at radius 3 is 2.09 bits per heavy atom. The summed E-state index contributed by atoms with van der Waals surface area (Å²) in [5.41, 5.74) is 0.493. The fourth-order valence-electron chi connectivity index (χ4n) is 1.96. The molecule has 0 fully saturated rings. The van der Waals surface area contributed by atoms with Gasteiger partial charge in [-0.05, 0) is 6.42 Å². The normalized spacial score (nSPS) is 9.91. The van der Waals surface area contributed by atoms with Gasteiger partial charge in [-0.1, -0.05) is 13.3 Å². The van der Waals surface area contributed by atoms with E-state index in [9.17, 15) is 9.59 Å². The second kappa shape index (κ2) is 9.55. The van der Waals surface area contributed by atoms with Crippen LogP contribution in [0.2, 0.25) is 0 Å². The van der Waals surface area contributed by atoms with Gasteiger partial charge in [0.15, 0.2) is 11.5 Å². The fourth-order valence-corrected chi connectivity index (χ4v) is 1.96. The van der Waals surface area contributed by atoms with Crippen molar-refractivity contribution in [3.8, 4) is 17.2 Å². The zero-order valence-electron chi connectivity index (χ0n) is 14.0. The largest absolute Gasteiger partial charge is 0.493 e. The van der Waals surface area contributed by atoms with E-state index in [4.69, 9.17) is 14.2 Å². The molecule has 7 heteroatoms. The number of benzene rings is 1. The van der Waals surface area contributed by atoms with E-state index >= 15 is 0 Å². The molecule has 0 aliphatic carbocycles. The first kappa shape index (κ1) is 18.6. The second-order valence-electron chi connectivity index (χ2n) is 4.84. The first-order valence-electron chi connectivity index (χ1n) is 7.42. The van der Waals surface area contributed by atoms with Gasteiger partial charge in [0.05, 0.1) is 27.9 Å². The molecule has 0 atom stereocenters. The van der Waals surface area contributed by atoms with Gasteiger partial charge in [0.1, 0.15) is 0 Å². The molecule has 0 aliphatic rings. The van der Waals surface area contributed by atoms with Gasteiger partial charge >= 0.3 is 0 Å². The molecule has 23 heavy (non-hydrogen) atoms. The average Bonchev–Trinajstić information content (AvgIpc) is 2.56. The molecule has 0 spiro atoms. The second-order valence-corrected chi connectivity index (χ2v) is 4.84. The van der Waals surface area contributed by atoms with Crippen molar-refractivity contribution in [3.05, 3.63) is 12.1 Å². The van der Waals surface area contributed by atoms with Crippen LogP contribution >= 0.6 is 0 Å². The number of hydrogen-bond acceptors (Lipinski definition) is 5. The van der Waals surface area contributed by atoms with Gasteiger partial charge < -0.3 is 24.8 Å². The highest BCUT2D eigenvalue weighted by atomic mass is 16.5. The summed E-state index contributed by atoms with van der Waals surface area (Å²) in [5, 5.41) is 5.26. The first-order chi connectivity index (χ1) is 11.0. The van der Waals surface area contributed by atoms with Crippen molar-refractivity contribution in [3.63, 3.8) is 0 Å². The van der Waals surface area contributed by atoms with Crippen molar-refractivity contribution in [2.75, 3.05) is 33.2 Å². The minimum Gasteiger partial charge on any atom is -0.493 e. The van der Waals surface area contributed by atoms with E-state index in [0.717, 1.165) is 12.8 Å². The molecular formula is C16H24N2O5. The fraction of sp³-hybridized carbons (Fsp3) is 0.500. The lowest BCUT2D eigenvalue weighted by Gasteiger charge is -2.14. The molecule has 0 saturated carbocycles. The topological polar surface area (TPSA) is 85.9 Å². The Hall–Kier alpha value is -2.44. The minimum atomic E-state index is -0.330. The Labute approximate surface area is 136 Å². The third-order valence-electron chi connectivity index (χ3n) is 3.15. The number of methoxy groups -OCH3 is 3. The highest BCUT2D eigenvalue weighted by Gasteiger charge is 2.14. The van der Waals surface area contributed by atoms with E-state index in [0.29, 0.717) is 29.4 Å². The summed E-state index contributed by atoms with van der Waals surface area (Å²) in [7, 11) is 4.50. The Morgan fingerprint density at radius 2 is 1.61 bits per heavy atom. The lowest BCUT2D eigenvalue weighted by molar-refractivity contribution is -0.124. The van der Waals surface area contributed by atoms with Crippen LogP contribution in [0.5, 0.6) is 17.2 Å². The summed E-state index contributed by atoms with van der Waals surface area (Å²) >= 11 is 0. The Kier molecular flexibility index (Phi) is 7.73. The summed E-state index contributed by atoms with van der Waals surface area (Å²) in [5.74, 6) is 0.861. The summed E-state index contributed by atoms with van der Waals surface area (Å²) in [6.45, 7) is 1.92. The molecule has 0 radical (unpaired) electrons. The Balaban J connectivity index is 2.69. The molecule has 0 aliphatic heterocycles. The number of unbranched alkanes of at least 4 members (excludes halogenated alkanes) is 1. The number of anilines is 1. The number of carbonyl (C=O) groups is 2. The van der Waals surface area contributed by atoms with E-state index in [1.165, 1.54) is 21.3 Å². The number of amides is 2. The molecule has 128 valence electrons. The lowest BCUT2D eigenvalue weighted by Crippen LogP contribution is -2.32. The van der Waals surface area contributed by atoms with E-state index in [1.54, 1.807) is 12.1 Å². The van der Waals surface area contributed by atoms with Crippen LogP contribution in [0.15, 0.2) is 12.1 Å². The number of ether oxygens (including phenoxy) is 3. The molecule has 0 aromatic heterocycles. The number of hydrogen-bond donors (Lipinski definition) is 2. The molecule has 2 N–H and O–H groups in total. The van der Waals surface area contributed by atoms with Gasteiger partial charge in [0.2, 0.25) is 17.6 Å². The third kappa shape index (κ3) is 5.69. The van der Waals surface area contributed by atoms with Gasteiger partial charge in [-0.15, -0.1) is 0 Å². The zero-order valence-corrected chi connectivity index (χ0v) is 14.0. The molecule has 2 amide bonds. The van der Waals surface area contributed by atoms with Crippen LogP contribution in [-0.2, 0) is 9.59 Å². The SMILES string of the molecule is CCCCC(=O)NCC(=O)Nc1cc(OC)c(OC)c(OC)c1. The standard InChI is InChI=1S/C16H24N2O5/c1-5-6-7-14(19)17-10-15(20)18-11-8-12(21-2)16(23-4)13(9-11)22-3/h8-9H,5-7,10H2,1-4H3,(H,17,19)(H,18,20). The van der Waals surface area contributed by atoms with Crippen LogP contribution in [0.25, 0.3) is 0 Å². The monoisotopic (exact) mass is 324 g/mol. The third-order valence-corrected chi connectivity index (χ3v) is 3.15. The van der Waals surface area contributed by atoms with Crippen LogP contribution in [0.3, 0.4) is 0 Å². The van der Waals surface area contributed by atoms with Crippen molar-refractivity contribution in [1.29, 1.82) is 0 Å². The summed E-state index contributed by atoms with van der Waals surface area (Å²) in [6, 6.07) is 3.25. The number of carbonyl (C=O) groups excluding carboxylic acids is 2. The van der Waals surface area contributed by atoms with Gasteiger partial charge in [0, 0.05) is 24.2 Å². The number of rotatable bonds is 9. The van der Waals surface area contributed by atoms with E-state index in [1.807, 2.05) is 6.92 Å². The van der Waals surface area contributed by atoms with Crippen LogP contribution in [-0.4, -0.2) is 39.7 Å². The molecule has 1 rings (SSSR count). The van der Waals surface area contributed by atoms with Crippen LogP contribution < -0.4 is 24.8 Å².